The number of nitrogens with zero attached hydrogens (tertiary/aromatic N) is 2. The summed E-state index contributed by atoms with van der Waals surface area (Å²) in [6.07, 6.45) is 0.0788. The van der Waals surface area contributed by atoms with Crippen LogP contribution in [0.2, 0.25) is 0 Å². The molecule has 0 bridgehead atoms. The third-order valence-electron chi connectivity index (χ3n) is 4.88. The molecule has 136 valence electrons. The Balaban J connectivity index is 1.58. The lowest BCUT2D eigenvalue weighted by Gasteiger charge is -2.36. The normalized spacial score (nSPS) is 20.7. The Kier molecular flexibility index (Phi) is 5.92. The topological polar surface area (TPSA) is 56.5 Å². The maximum absolute atomic E-state index is 10.5. The van der Waals surface area contributed by atoms with Crippen molar-refractivity contribution >= 4 is 0 Å². The van der Waals surface area contributed by atoms with Gasteiger partial charge in [0.15, 0.2) is 0 Å². The SMILES string of the molecule is CC(C)c1cccc(O[C@@H]2CCN(Cc3cccc(C#N)c3)C[C@H]2O)c1. The molecule has 1 N–H and O–H groups in total. The van der Waals surface area contributed by atoms with E-state index < -0.39 is 6.10 Å². The lowest BCUT2D eigenvalue weighted by atomic mass is 10.0. The summed E-state index contributed by atoms with van der Waals surface area (Å²) in [4.78, 5) is 2.21. The summed E-state index contributed by atoms with van der Waals surface area (Å²) in [5, 5.41) is 19.6. The average Bonchev–Trinajstić information content (AvgIpc) is 2.64. The number of benzene rings is 2. The zero-order valence-corrected chi connectivity index (χ0v) is 15.4. The van der Waals surface area contributed by atoms with Gasteiger partial charge in [-0.25, -0.2) is 0 Å². The van der Waals surface area contributed by atoms with Crippen LogP contribution >= 0.6 is 0 Å². The van der Waals surface area contributed by atoms with Gasteiger partial charge in [0, 0.05) is 19.6 Å². The van der Waals surface area contributed by atoms with Crippen LogP contribution in [0.25, 0.3) is 0 Å². The molecule has 26 heavy (non-hydrogen) atoms. The molecule has 2 atom stereocenters. The van der Waals surface area contributed by atoms with Gasteiger partial charge in [-0.1, -0.05) is 38.1 Å². The van der Waals surface area contributed by atoms with E-state index in [1.165, 1.54) is 5.56 Å². The van der Waals surface area contributed by atoms with Gasteiger partial charge < -0.3 is 9.84 Å². The number of hydrogen-bond acceptors (Lipinski definition) is 4. The fraction of sp³-hybridized carbons (Fsp3) is 0.409. The van der Waals surface area contributed by atoms with Gasteiger partial charge in [0.25, 0.3) is 0 Å². The third kappa shape index (κ3) is 4.63. The molecule has 0 unspecified atom stereocenters. The van der Waals surface area contributed by atoms with Gasteiger partial charge in [-0.3, -0.25) is 4.90 Å². The molecule has 1 aliphatic rings. The molecule has 4 heteroatoms. The summed E-state index contributed by atoms with van der Waals surface area (Å²) < 4.78 is 6.07. The van der Waals surface area contributed by atoms with Crippen molar-refractivity contribution in [2.75, 3.05) is 13.1 Å². The Morgan fingerprint density at radius 3 is 2.77 bits per heavy atom. The molecule has 2 aromatic rings. The quantitative estimate of drug-likeness (QED) is 0.893. The average molecular weight is 350 g/mol. The van der Waals surface area contributed by atoms with E-state index in [1.807, 2.05) is 36.4 Å². The van der Waals surface area contributed by atoms with E-state index >= 15 is 0 Å². The lowest BCUT2D eigenvalue weighted by Crippen LogP contribution is -2.48. The van der Waals surface area contributed by atoms with Crippen molar-refractivity contribution in [2.45, 2.75) is 44.9 Å². The van der Waals surface area contributed by atoms with Crippen molar-refractivity contribution in [2.24, 2.45) is 0 Å². The van der Waals surface area contributed by atoms with Gasteiger partial charge in [-0.2, -0.15) is 5.26 Å². The van der Waals surface area contributed by atoms with Crippen molar-refractivity contribution in [3.63, 3.8) is 0 Å². The molecule has 1 aliphatic heterocycles. The zero-order chi connectivity index (χ0) is 18.5. The number of piperidine rings is 1. The standard InChI is InChI=1S/C22H26N2O2/c1-16(2)19-7-4-8-20(12-19)26-22-9-10-24(15-21(22)25)14-18-6-3-5-17(11-18)13-23/h3-8,11-12,16,21-22,25H,9-10,14-15H2,1-2H3/t21-,22-/m1/s1. The number of β-amino-alcohol motifs (C(OH)–C–C–N with tert-alkyl or cyclic N) is 1. The molecule has 4 nitrogen and oxygen atoms in total. The predicted molar refractivity (Wildman–Crippen MR) is 102 cm³/mol. The number of hydrogen-bond donors (Lipinski definition) is 1. The summed E-state index contributed by atoms with van der Waals surface area (Å²) in [6.45, 7) is 6.50. The van der Waals surface area contributed by atoms with Crippen LogP contribution in [0.1, 0.15) is 42.9 Å². The molecule has 2 aromatic carbocycles. The minimum absolute atomic E-state index is 0.181. The van der Waals surface area contributed by atoms with E-state index in [9.17, 15) is 5.11 Å². The molecule has 0 aliphatic carbocycles. The van der Waals surface area contributed by atoms with E-state index in [-0.39, 0.29) is 6.10 Å². The minimum atomic E-state index is -0.523. The van der Waals surface area contributed by atoms with Crippen LogP contribution in [0.4, 0.5) is 0 Å². The maximum atomic E-state index is 10.5. The number of ether oxygens (including phenoxy) is 1. The van der Waals surface area contributed by atoms with Gasteiger partial charge in [0.05, 0.1) is 11.6 Å². The third-order valence-corrected chi connectivity index (χ3v) is 4.88. The maximum Gasteiger partial charge on any atom is 0.127 e. The fourth-order valence-corrected chi connectivity index (χ4v) is 3.38. The molecular weight excluding hydrogens is 324 g/mol. The molecule has 1 saturated heterocycles. The number of rotatable bonds is 5. The first-order chi connectivity index (χ1) is 12.5. The van der Waals surface area contributed by atoms with E-state index in [1.54, 1.807) is 0 Å². The van der Waals surface area contributed by atoms with Crippen molar-refractivity contribution in [1.29, 1.82) is 5.26 Å². The molecule has 3 rings (SSSR count). The van der Waals surface area contributed by atoms with Crippen molar-refractivity contribution < 1.29 is 9.84 Å². The molecule has 0 radical (unpaired) electrons. The van der Waals surface area contributed by atoms with E-state index in [2.05, 4.69) is 36.9 Å². The molecule has 0 saturated carbocycles. The van der Waals surface area contributed by atoms with Gasteiger partial charge in [-0.05, 0) is 47.7 Å². The number of aliphatic hydroxyl groups excluding tert-OH is 1. The van der Waals surface area contributed by atoms with Gasteiger partial charge in [0.2, 0.25) is 0 Å². The Hall–Kier alpha value is -2.35. The second kappa shape index (κ2) is 8.35. The Morgan fingerprint density at radius 1 is 1.23 bits per heavy atom. The second-order valence-corrected chi connectivity index (χ2v) is 7.29. The number of likely N-dealkylation sites (tertiary alicyclic amines) is 1. The summed E-state index contributed by atoms with van der Waals surface area (Å²) in [7, 11) is 0. The van der Waals surface area contributed by atoms with Gasteiger partial charge >= 0.3 is 0 Å². The molecule has 0 amide bonds. The molecule has 1 fully saturated rings. The predicted octanol–water partition coefficient (Wildman–Crippen LogP) is 3.70. The highest BCUT2D eigenvalue weighted by atomic mass is 16.5. The lowest BCUT2D eigenvalue weighted by molar-refractivity contribution is -0.0275. The summed E-state index contributed by atoms with van der Waals surface area (Å²) >= 11 is 0. The summed E-state index contributed by atoms with van der Waals surface area (Å²) in [6, 6.07) is 18.0. The first-order valence-electron chi connectivity index (χ1n) is 9.21. The van der Waals surface area contributed by atoms with Crippen LogP contribution in [0.5, 0.6) is 5.75 Å². The Bertz CT molecular complexity index is 782. The summed E-state index contributed by atoms with van der Waals surface area (Å²) in [5.74, 6) is 1.28. The summed E-state index contributed by atoms with van der Waals surface area (Å²) in [5.41, 5.74) is 3.01. The van der Waals surface area contributed by atoms with E-state index in [4.69, 9.17) is 10.00 Å². The first kappa shape index (κ1) is 18.4. The van der Waals surface area contributed by atoms with E-state index in [0.29, 0.717) is 18.0 Å². The van der Waals surface area contributed by atoms with Crippen molar-refractivity contribution in [3.8, 4) is 11.8 Å². The van der Waals surface area contributed by atoms with Gasteiger partial charge in [0.1, 0.15) is 18.0 Å². The highest BCUT2D eigenvalue weighted by Crippen LogP contribution is 2.24. The zero-order valence-electron chi connectivity index (χ0n) is 15.4. The number of aliphatic hydroxyl groups is 1. The highest BCUT2D eigenvalue weighted by Gasteiger charge is 2.29. The smallest absolute Gasteiger partial charge is 0.127 e. The first-order valence-corrected chi connectivity index (χ1v) is 9.21. The van der Waals surface area contributed by atoms with Crippen LogP contribution in [0, 0.1) is 11.3 Å². The van der Waals surface area contributed by atoms with Crippen molar-refractivity contribution in [1.82, 2.24) is 4.90 Å². The fourth-order valence-electron chi connectivity index (χ4n) is 3.38. The van der Waals surface area contributed by atoms with Crippen LogP contribution in [0.15, 0.2) is 48.5 Å². The Morgan fingerprint density at radius 2 is 2.04 bits per heavy atom. The highest BCUT2D eigenvalue weighted by molar-refractivity contribution is 5.33. The van der Waals surface area contributed by atoms with Crippen molar-refractivity contribution in [3.05, 3.63) is 65.2 Å². The number of nitriles is 1. The minimum Gasteiger partial charge on any atom is -0.488 e. The van der Waals surface area contributed by atoms with Crippen LogP contribution in [-0.4, -0.2) is 35.3 Å². The largest absolute Gasteiger partial charge is 0.488 e. The molecular formula is C22H26N2O2. The van der Waals surface area contributed by atoms with Crippen LogP contribution in [0.3, 0.4) is 0 Å². The van der Waals surface area contributed by atoms with Gasteiger partial charge in [-0.15, -0.1) is 0 Å². The molecule has 1 heterocycles. The van der Waals surface area contributed by atoms with Crippen LogP contribution < -0.4 is 4.74 Å². The molecule has 0 spiro atoms. The molecule has 0 aromatic heterocycles. The van der Waals surface area contributed by atoms with Crippen LogP contribution in [-0.2, 0) is 6.54 Å². The second-order valence-electron chi connectivity index (χ2n) is 7.29. The van der Waals surface area contributed by atoms with E-state index in [0.717, 1.165) is 30.8 Å². The Labute approximate surface area is 155 Å². The monoisotopic (exact) mass is 350 g/mol.